The second-order valence-corrected chi connectivity index (χ2v) is 8.72. The SMILES string of the molecule is COc1ccc2[nH]c(-c3cc(=O)n4ccccc4n3)c(CCNC(=O)c3cc(OC)c(OC)c(OC)c3)c2c1. The molecular weight excluding hydrogens is 500 g/mol. The van der Waals surface area contributed by atoms with Crippen LogP contribution in [0.25, 0.3) is 27.9 Å². The van der Waals surface area contributed by atoms with E-state index in [0.717, 1.165) is 16.5 Å². The van der Waals surface area contributed by atoms with E-state index in [1.807, 2.05) is 24.3 Å². The van der Waals surface area contributed by atoms with Crippen molar-refractivity contribution >= 4 is 22.5 Å². The molecule has 0 aliphatic rings. The van der Waals surface area contributed by atoms with Crippen molar-refractivity contribution < 1.29 is 23.7 Å². The number of hydrogen-bond acceptors (Lipinski definition) is 7. The normalized spacial score (nSPS) is 11.0. The highest BCUT2D eigenvalue weighted by molar-refractivity contribution is 5.96. The zero-order valence-corrected chi connectivity index (χ0v) is 22.0. The van der Waals surface area contributed by atoms with Crippen molar-refractivity contribution in [2.24, 2.45) is 0 Å². The van der Waals surface area contributed by atoms with E-state index in [-0.39, 0.29) is 11.5 Å². The van der Waals surface area contributed by atoms with Crippen molar-refractivity contribution in [1.29, 1.82) is 0 Å². The summed E-state index contributed by atoms with van der Waals surface area (Å²) < 4.78 is 23.0. The lowest BCUT2D eigenvalue weighted by Crippen LogP contribution is -2.26. The molecule has 0 atom stereocenters. The molecule has 0 spiro atoms. The number of methoxy groups -OCH3 is 4. The number of nitrogens with zero attached hydrogens (tertiary/aromatic N) is 2. The van der Waals surface area contributed by atoms with Crippen LogP contribution < -0.4 is 29.8 Å². The van der Waals surface area contributed by atoms with E-state index in [4.69, 9.17) is 23.9 Å². The quantitative estimate of drug-likeness (QED) is 0.299. The number of amides is 1. The van der Waals surface area contributed by atoms with Crippen LogP contribution >= 0.6 is 0 Å². The van der Waals surface area contributed by atoms with Crippen LogP contribution in [0, 0.1) is 0 Å². The highest BCUT2D eigenvalue weighted by atomic mass is 16.5. The summed E-state index contributed by atoms with van der Waals surface area (Å²) in [6.45, 7) is 0.319. The Labute approximate surface area is 224 Å². The van der Waals surface area contributed by atoms with Gasteiger partial charge in [0, 0.05) is 35.3 Å². The molecule has 10 nitrogen and oxygen atoms in total. The number of nitrogens with one attached hydrogen (secondary N) is 2. The molecule has 10 heteroatoms. The van der Waals surface area contributed by atoms with Gasteiger partial charge in [-0.25, -0.2) is 4.98 Å². The molecule has 2 aromatic carbocycles. The van der Waals surface area contributed by atoms with E-state index in [2.05, 4.69) is 10.3 Å². The summed E-state index contributed by atoms with van der Waals surface area (Å²) in [6.07, 6.45) is 2.15. The first-order valence-electron chi connectivity index (χ1n) is 12.2. The van der Waals surface area contributed by atoms with E-state index >= 15 is 0 Å². The number of carbonyl (C=O) groups excluding carboxylic acids is 1. The lowest BCUT2D eigenvalue weighted by Gasteiger charge is -2.14. The number of pyridine rings is 1. The smallest absolute Gasteiger partial charge is 0.258 e. The van der Waals surface area contributed by atoms with Crippen LogP contribution in [-0.2, 0) is 6.42 Å². The number of aromatic nitrogens is 3. The number of ether oxygens (including phenoxy) is 4. The Balaban J connectivity index is 1.48. The third-order valence-electron chi connectivity index (χ3n) is 6.53. The number of fused-ring (bicyclic) bond motifs is 2. The zero-order valence-electron chi connectivity index (χ0n) is 22.0. The van der Waals surface area contributed by atoms with Crippen LogP contribution in [0.3, 0.4) is 0 Å². The van der Waals surface area contributed by atoms with Gasteiger partial charge in [-0.3, -0.25) is 14.0 Å². The first-order valence-corrected chi connectivity index (χ1v) is 12.2. The monoisotopic (exact) mass is 528 g/mol. The number of benzene rings is 2. The summed E-state index contributed by atoms with van der Waals surface area (Å²) in [5.74, 6) is 1.59. The fourth-order valence-corrected chi connectivity index (χ4v) is 4.63. The second kappa shape index (κ2) is 10.8. The van der Waals surface area contributed by atoms with Crippen LogP contribution in [0.4, 0.5) is 0 Å². The Kier molecular flexibility index (Phi) is 7.09. The van der Waals surface area contributed by atoms with Gasteiger partial charge in [-0.2, -0.15) is 0 Å². The Bertz CT molecular complexity index is 1710. The molecule has 5 aromatic rings. The standard InChI is InChI=1S/C29H28N4O6/c1-36-18-8-9-21-20(15-18)19(27(32-21)22-16-26(34)33-12-6-5-7-25(33)31-22)10-11-30-29(35)17-13-23(37-2)28(39-4)24(14-17)38-3/h5-9,12-16,32H,10-11H2,1-4H3,(H,30,35). The van der Waals surface area contributed by atoms with Gasteiger partial charge in [0.2, 0.25) is 5.75 Å². The van der Waals surface area contributed by atoms with Crippen LogP contribution in [0.15, 0.2) is 65.6 Å². The molecule has 0 aliphatic carbocycles. The zero-order chi connectivity index (χ0) is 27.5. The highest BCUT2D eigenvalue weighted by Gasteiger charge is 2.19. The van der Waals surface area contributed by atoms with Gasteiger partial charge in [-0.05, 0) is 54.4 Å². The lowest BCUT2D eigenvalue weighted by molar-refractivity contribution is 0.0953. The van der Waals surface area contributed by atoms with Gasteiger partial charge in [0.15, 0.2) is 11.5 Å². The minimum Gasteiger partial charge on any atom is -0.497 e. The molecule has 0 saturated carbocycles. The topological polar surface area (TPSA) is 116 Å². The van der Waals surface area contributed by atoms with Gasteiger partial charge in [0.05, 0.1) is 39.8 Å². The summed E-state index contributed by atoms with van der Waals surface area (Å²) in [5, 5.41) is 3.89. The van der Waals surface area contributed by atoms with Gasteiger partial charge in [0.25, 0.3) is 11.5 Å². The van der Waals surface area contributed by atoms with Crippen molar-refractivity contribution in [2.75, 3.05) is 35.0 Å². The summed E-state index contributed by atoms with van der Waals surface area (Å²) in [4.78, 5) is 34.0. The fraction of sp³-hybridized carbons (Fsp3) is 0.207. The Morgan fingerprint density at radius 1 is 0.949 bits per heavy atom. The summed E-state index contributed by atoms with van der Waals surface area (Å²) in [5.41, 5.74) is 3.73. The predicted octanol–water partition coefficient (Wildman–Crippen LogP) is 3.85. The first kappa shape index (κ1) is 25.7. The molecule has 2 N–H and O–H groups in total. The Morgan fingerprint density at radius 3 is 2.41 bits per heavy atom. The minimum atomic E-state index is -0.296. The van der Waals surface area contributed by atoms with Gasteiger partial charge in [0.1, 0.15) is 11.4 Å². The largest absolute Gasteiger partial charge is 0.497 e. The third kappa shape index (κ3) is 4.84. The molecule has 3 aromatic heterocycles. The van der Waals surface area contributed by atoms with Crippen molar-refractivity contribution in [1.82, 2.24) is 19.7 Å². The summed E-state index contributed by atoms with van der Waals surface area (Å²) >= 11 is 0. The maximum Gasteiger partial charge on any atom is 0.258 e. The number of carbonyl (C=O) groups is 1. The minimum absolute atomic E-state index is 0.187. The van der Waals surface area contributed by atoms with E-state index in [0.29, 0.717) is 58.6 Å². The van der Waals surface area contributed by atoms with Crippen LogP contribution in [-0.4, -0.2) is 55.3 Å². The maximum absolute atomic E-state index is 13.1. The molecule has 0 aliphatic heterocycles. The molecule has 0 fully saturated rings. The van der Waals surface area contributed by atoms with Crippen LogP contribution in [0.5, 0.6) is 23.0 Å². The lowest BCUT2D eigenvalue weighted by atomic mass is 10.0. The van der Waals surface area contributed by atoms with Crippen LogP contribution in [0.2, 0.25) is 0 Å². The van der Waals surface area contributed by atoms with E-state index in [1.165, 1.54) is 31.8 Å². The van der Waals surface area contributed by atoms with Crippen LogP contribution in [0.1, 0.15) is 15.9 Å². The van der Waals surface area contributed by atoms with E-state index < -0.39 is 0 Å². The van der Waals surface area contributed by atoms with Gasteiger partial charge in [-0.15, -0.1) is 0 Å². The average molecular weight is 529 g/mol. The summed E-state index contributed by atoms with van der Waals surface area (Å²) in [7, 11) is 6.11. The van der Waals surface area contributed by atoms with Crippen molar-refractivity contribution in [2.45, 2.75) is 6.42 Å². The molecule has 200 valence electrons. The Morgan fingerprint density at radius 2 is 1.72 bits per heavy atom. The van der Waals surface area contributed by atoms with Crippen molar-refractivity contribution in [3.63, 3.8) is 0 Å². The molecule has 3 heterocycles. The average Bonchev–Trinajstić information content (AvgIpc) is 3.33. The second-order valence-electron chi connectivity index (χ2n) is 8.72. The number of aromatic amines is 1. The third-order valence-corrected chi connectivity index (χ3v) is 6.53. The molecule has 1 amide bonds. The van der Waals surface area contributed by atoms with Crippen molar-refractivity contribution in [3.05, 3.63) is 82.3 Å². The molecule has 0 unspecified atom stereocenters. The molecule has 0 saturated heterocycles. The number of hydrogen-bond donors (Lipinski definition) is 2. The molecule has 0 radical (unpaired) electrons. The van der Waals surface area contributed by atoms with Gasteiger partial charge in [-0.1, -0.05) is 6.07 Å². The van der Waals surface area contributed by atoms with Gasteiger partial charge >= 0.3 is 0 Å². The number of H-pyrrole nitrogens is 1. The maximum atomic E-state index is 13.1. The van der Waals surface area contributed by atoms with E-state index in [9.17, 15) is 9.59 Å². The van der Waals surface area contributed by atoms with E-state index in [1.54, 1.807) is 37.6 Å². The molecule has 0 bridgehead atoms. The van der Waals surface area contributed by atoms with Gasteiger partial charge < -0.3 is 29.2 Å². The summed E-state index contributed by atoms with van der Waals surface area (Å²) in [6, 6.07) is 15.8. The molecular formula is C29H28N4O6. The Hall–Kier alpha value is -4.99. The first-order chi connectivity index (χ1) is 19.0. The van der Waals surface area contributed by atoms with Crippen molar-refractivity contribution in [3.8, 4) is 34.4 Å². The fourth-order valence-electron chi connectivity index (χ4n) is 4.63. The predicted molar refractivity (Wildman–Crippen MR) is 147 cm³/mol. The molecule has 39 heavy (non-hydrogen) atoms. The number of rotatable bonds is 9. The highest BCUT2D eigenvalue weighted by Crippen LogP contribution is 2.38. The molecule has 5 rings (SSSR count).